The number of allylic oxidation sites excluding steroid dienone is 2. The smallest absolute Gasteiger partial charge is 0.336 e. The number of carbonyl (C=O) groups excluding carboxylic acids is 1. The molecule has 3 N–H and O–H groups in total. The van der Waals surface area contributed by atoms with Gasteiger partial charge in [0.15, 0.2) is 5.79 Å². The third-order valence-corrected chi connectivity index (χ3v) is 10.3. The Morgan fingerprint density at radius 2 is 1.76 bits per heavy atom. The molecule has 6 fully saturated rings. The molecular formula is C30H44O8. The molecule has 6 rings (SSSR count). The molecule has 8 nitrogen and oxygen atoms in total. The van der Waals surface area contributed by atoms with E-state index in [4.69, 9.17) is 18.9 Å². The predicted molar refractivity (Wildman–Crippen MR) is 140 cm³/mol. The third kappa shape index (κ3) is 4.32. The molecule has 6 aliphatic rings. The number of esters is 1. The van der Waals surface area contributed by atoms with Gasteiger partial charge in [0.25, 0.3) is 0 Å². The van der Waals surface area contributed by atoms with Gasteiger partial charge in [-0.3, -0.25) is 0 Å². The van der Waals surface area contributed by atoms with Gasteiger partial charge >= 0.3 is 5.97 Å². The van der Waals surface area contributed by atoms with Crippen molar-refractivity contribution in [3.8, 4) is 0 Å². The van der Waals surface area contributed by atoms with Gasteiger partial charge < -0.3 is 34.3 Å². The highest BCUT2D eigenvalue weighted by Crippen LogP contribution is 2.59. The Bertz CT molecular complexity index is 1050. The maximum Gasteiger partial charge on any atom is 0.336 e. The molecule has 0 radical (unpaired) electrons. The van der Waals surface area contributed by atoms with Crippen molar-refractivity contribution in [1.82, 2.24) is 0 Å². The number of hydrogen-bond acceptors (Lipinski definition) is 8. The molecule has 0 unspecified atom stereocenters. The van der Waals surface area contributed by atoms with Crippen LogP contribution in [-0.4, -0.2) is 69.5 Å². The van der Waals surface area contributed by atoms with E-state index in [2.05, 4.69) is 26.5 Å². The average Bonchev–Trinajstić information content (AvgIpc) is 3.13. The van der Waals surface area contributed by atoms with Gasteiger partial charge in [-0.1, -0.05) is 38.2 Å². The van der Waals surface area contributed by atoms with E-state index < -0.39 is 41.0 Å². The number of aliphatic hydroxyl groups excluding tert-OH is 2. The summed E-state index contributed by atoms with van der Waals surface area (Å²) >= 11 is 0. The van der Waals surface area contributed by atoms with Crippen LogP contribution in [0.15, 0.2) is 35.5 Å². The van der Waals surface area contributed by atoms with Crippen molar-refractivity contribution in [2.24, 2.45) is 17.3 Å². The van der Waals surface area contributed by atoms with Crippen LogP contribution in [-0.2, 0) is 23.7 Å². The zero-order valence-corrected chi connectivity index (χ0v) is 23.4. The highest BCUT2D eigenvalue weighted by Gasteiger charge is 2.70. The number of hydrogen-bond donors (Lipinski definition) is 3. The Balaban J connectivity index is 1.26. The molecule has 5 heterocycles. The van der Waals surface area contributed by atoms with E-state index in [1.807, 2.05) is 20.8 Å². The SMILES string of the molecule is C=C1C[C@H](O)[C@@H](C/C=C2/CC[C@]3(OC2)O[C@]2(O)CC[C@@]3(C)OC2(C)C)C(C)(C)[C@H]1C/C=C1/C(=O)OC[C@@H]1O. The minimum Gasteiger partial charge on any atom is -0.459 e. The summed E-state index contributed by atoms with van der Waals surface area (Å²) in [7, 11) is 0. The van der Waals surface area contributed by atoms with Crippen LogP contribution in [0, 0.1) is 17.3 Å². The third-order valence-electron chi connectivity index (χ3n) is 10.3. The molecule has 1 aliphatic carbocycles. The summed E-state index contributed by atoms with van der Waals surface area (Å²) in [6.45, 7) is 14.7. The largest absolute Gasteiger partial charge is 0.459 e. The second-order valence-corrected chi connectivity index (χ2v) is 13.3. The van der Waals surface area contributed by atoms with Crippen LogP contribution in [0.4, 0.5) is 0 Å². The summed E-state index contributed by atoms with van der Waals surface area (Å²) in [5.41, 5.74) is 0.713. The molecule has 1 spiro atoms. The number of aliphatic hydroxyl groups is 3. The van der Waals surface area contributed by atoms with E-state index in [1.165, 1.54) is 0 Å². The van der Waals surface area contributed by atoms with Crippen LogP contribution in [0.3, 0.4) is 0 Å². The van der Waals surface area contributed by atoms with Crippen LogP contribution >= 0.6 is 0 Å². The van der Waals surface area contributed by atoms with Gasteiger partial charge in [0, 0.05) is 12.8 Å². The van der Waals surface area contributed by atoms with Crippen LogP contribution < -0.4 is 0 Å². The standard InChI is InChI=1S/C30H44O8/c1-18-15-23(31)22(26(2,3)21(18)10-8-20-24(32)17-35-25(20)33)9-7-19-11-12-30(36-16-19)28(6)13-14-29(34,38-30)27(4,5)37-28/h7-8,21-24,31-32,34H,1,9-17H2,2-6H3/b19-7-,20-8+/t21-,22+,23-,24-,28+,29+,30-/m0/s1. The Kier molecular flexibility index (Phi) is 6.81. The number of rotatable bonds is 4. The quantitative estimate of drug-likeness (QED) is 0.285. The van der Waals surface area contributed by atoms with Crippen molar-refractivity contribution in [2.45, 2.75) is 115 Å². The van der Waals surface area contributed by atoms with Crippen molar-refractivity contribution in [2.75, 3.05) is 13.2 Å². The summed E-state index contributed by atoms with van der Waals surface area (Å²) in [5, 5.41) is 32.3. The zero-order valence-electron chi connectivity index (χ0n) is 23.4. The summed E-state index contributed by atoms with van der Waals surface area (Å²) in [4.78, 5) is 12.0. The number of cyclic esters (lactones) is 1. The second-order valence-electron chi connectivity index (χ2n) is 13.3. The second kappa shape index (κ2) is 9.25. The Labute approximate surface area is 225 Å². The van der Waals surface area contributed by atoms with Gasteiger partial charge in [0.05, 0.1) is 18.3 Å². The lowest BCUT2D eigenvalue weighted by Crippen LogP contribution is -2.78. The molecule has 8 heteroatoms. The van der Waals surface area contributed by atoms with Gasteiger partial charge in [-0.25, -0.2) is 4.79 Å². The summed E-state index contributed by atoms with van der Waals surface area (Å²) < 4.78 is 24.0. The lowest BCUT2D eigenvalue weighted by atomic mass is 9.57. The topological polar surface area (TPSA) is 115 Å². The molecule has 0 amide bonds. The van der Waals surface area contributed by atoms with Crippen LogP contribution in [0.25, 0.3) is 0 Å². The van der Waals surface area contributed by atoms with Crippen molar-refractivity contribution >= 4 is 5.97 Å². The molecule has 0 aromatic heterocycles. The van der Waals surface area contributed by atoms with Gasteiger partial charge in [-0.05, 0) is 75.7 Å². The van der Waals surface area contributed by atoms with E-state index in [1.54, 1.807) is 6.08 Å². The van der Waals surface area contributed by atoms with Gasteiger partial charge in [-0.2, -0.15) is 0 Å². The number of fused-ring (bicyclic) bond motifs is 2. The Morgan fingerprint density at radius 3 is 2.37 bits per heavy atom. The molecule has 2 bridgehead atoms. The monoisotopic (exact) mass is 532 g/mol. The molecule has 5 aliphatic heterocycles. The molecule has 7 atom stereocenters. The van der Waals surface area contributed by atoms with Crippen LogP contribution in [0.5, 0.6) is 0 Å². The lowest BCUT2D eigenvalue weighted by Gasteiger charge is -2.66. The lowest BCUT2D eigenvalue weighted by molar-refractivity contribution is -0.518. The first kappa shape index (κ1) is 28.0. The van der Waals surface area contributed by atoms with Gasteiger partial charge in [-0.15, -0.1) is 0 Å². The summed E-state index contributed by atoms with van der Waals surface area (Å²) in [6.07, 6.45) is 6.88. The van der Waals surface area contributed by atoms with Crippen molar-refractivity contribution in [1.29, 1.82) is 0 Å². The van der Waals surface area contributed by atoms with Crippen LogP contribution in [0.2, 0.25) is 0 Å². The molecule has 212 valence electrons. The highest BCUT2D eigenvalue weighted by molar-refractivity contribution is 5.91. The maximum absolute atomic E-state index is 12.0. The maximum atomic E-state index is 12.0. The van der Waals surface area contributed by atoms with Crippen molar-refractivity contribution < 1.29 is 39.1 Å². The number of carbonyl (C=O) groups is 1. The van der Waals surface area contributed by atoms with E-state index in [0.29, 0.717) is 50.7 Å². The minimum absolute atomic E-state index is 0.00526. The molecule has 5 saturated heterocycles. The number of ether oxygens (including phenoxy) is 4. The van der Waals surface area contributed by atoms with E-state index in [0.717, 1.165) is 17.6 Å². The van der Waals surface area contributed by atoms with Crippen molar-refractivity contribution in [3.63, 3.8) is 0 Å². The van der Waals surface area contributed by atoms with E-state index >= 15 is 0 Å². The predicted octanol–water partition coefficient (Wildman–Crippen LogP) is 3.69. The van der Waals surface area contributed by atoms with Gasteiger partial charge in [0.1, 0.15) is 23.9 Å². The summed E-state index contributed by atoms with van der Waals surface area (Å²) in [5.74, 6) is -2.76. The zero-order chi connectivity index (χ0) is 27.7. The molecule has 0 aromatic rings. The van der Waals surface area contributed by atoms with E-state index in [-0.39, 0.29) is 23.9 Å². The fraction of sp³-hybridized carbons (Fsp3) is 0.767. The Morgan fingerprint density at radius 1 is 1.03 bits per heavy atom. The first-order valence-electron chi connectivity index (χ1n) is 14.0. The van der Waals surface area contributed by atoms with Crippen molar-refractivity contribution in [3.05, 3.63) is 35.5 Å². The Hall–Kier alpha value is -1.55. The minimum atomic E-state index is -1.37. The molecule has 1 saturated carbocycles. The highest BCUT2D eigenvalue weighted by atomic mass is 16.8. The fourth-order valence-corrected chi connectivity index (χ4v) is 7.55. The first-order chi connectivity index (χ1) is 17.6. The average molecular weight is 533 g/mol. The van der Waals surface area contributed by atoms with Crippen LogP contribution in [0.1, 0.15) is 79.6 Å². The molecule has 0 aromatic carbocycles. The fourth-order valence-electron chi connectivity index (χ4n) is 7.55. The molecular weight excluding hydrogens is 488 g/mol. The first-order valence-corrected chi connectivity index (χ1v) is 14.0. The molecule has 38 heavy (non-hydrogen) atoms. The normalized spacial score (nSPS) is 46.2. The van der Waals surface area contributed by atoms with Gasteiger partial charge in [0.2, 0.25) is 5.79 Å². The van der Waals surface area contributed by atoms with E-state index in [9.17, 15) is 20.1 Å². The summed E-state index contributed by atoms with van der Waals surface area (Å²) in [6, 6.07) is 0.